The lowest BCUT2D eigenvalue weighted by Crippen LogP contribution is -2.74. The SMILES string of the molecule is CC(C)(O)C(C)(C)O[B]c1ccc([Si](c2ccccc2)(c2ccccc2)c2ccccc2)cc1. The van der Waals surface area contributed by atoms with Gasteiger partial charge in [0, 0.05) is 0 Å². The van der Waals surface area contributed by atoms with Crippen LogP contribution in [0.2, 0.25) is 0 Å². The van der Waals surface area contributed by atoms with Crippen LogP contribution in [0.25, 0.3) is 0 Å². The zero-order valence-electron chi connectivity index (χ0n) is 20.4. The molecule has 0 aliphatic carbocycles. The van der Waals surface area contributed by atoms with Crippen molar-refractivity contribution in [3.05, 3.63) is 115 Å². The van der Waals surface area contributed by atoms with Gasteiger partial charge >= 0.3 is 7.48 Å². The van der Waals surface area contributed by atoms with Gasteiger partial charge in [0.05, 0.1) is 11.2 Å². The van der Waals surface area contributed by atoms with E-state index in [1.54, 1.807) is 21.3 Å². The Morgan fingerprint density at radius 2 is 0.912 bits per heavy atom. The molecule has 0 saturated carbocycles. The van der Waals surface area contributed by atoms with Crippen LogP contribution in [0.4, 0.5) is 0 Å². The molecule has 0 aromatic heterocycles. The van der Waals surface area contributed by atoms with Gasteiger partial charge in [-0.1, -0.05) is 121 Å². The lowest BCUT2D eigenvalue weighted by atomic mass is 9.83. The topological polar surface area (TPSA) is 29.5 Å². The highest BCUT2D eigenvalue weighted by Crippen LogP contribution is 2.24. The fourth-order valence-corrected chi connectivity index (χ4v) is 8.98. The Bertz CT molecular complexity index is 1090. The molecule has 4 aromatic rings. The number of aliphatic hydroxyl groups is 1. The number of benzene rings is 4. The van der Waals surface area contributed by atoms with Gasteiger partial charge in [-0.25, -0.2) is 0 Å². The molecule has 0 unspecified atom stereocenters. The maximum atomic E-state index is 10.4. The summed E-state index contributed by atoms with van der Waals surface area (Å²) >= 11 is 0. The molecule has 0 saturated heterocycles. The fourth-order valence-electron chi connectivity index (χ4n) is 4.24. The Kier molecular flexibility index (Phi) is 6.94. The Labute approximate surface area is 205 Å². The third-order valence-electron chi connectivity index (χ3n) is 6.93. The highest BCUT2D eigenvalue weighted by atomic mass is 28.3. The van der Waals surface area contributed by atoms with E-state index in [1.165, 1.54) is 20.7 Å². The largest absolute Gasteiger partial charge is 0.427 e. The van der Waals surface area contributed by atoms with Crippen molar-refractivity contribution in [3.8, 4) is 0 Å². The van der Waals surface area contributed by atoms with Gasteiger partial charge in [0.2, 0.25) is 0 Å². The molecule has 1 N–H and O–H groups in total. The summed E-state index contributed by atoms with van der Waals surface area (Å²) in [6.45, 7) is 7.33. The molecule has 2 nitrogen and oxygen atoms in total. The highest BCUT2D eigenvalue weighted by molar-refractivity contribution is 7.19. The summed E-state index contributed by atoms with van der Waals surface area (Å²) in [5.74, 6) is 0. The number of hydrogen-bond donors (Lipinski definition) is 1. The molecule has 0 atom stereocenters. The van der Waals surface area contributed by atoms with Crippen molar-refractivity contribution in [3.63, 3.8) is 0 Å². The minimum Gasteiger partial charge on any atom is -0.427 e. The van der Waals surface area contributed by atoms with E-state index in [0.29, 0.717) is 0 Å². The smallest absolute Gasteiger partial charge is 0.330 e. The first kappa shape index (κ1) is 24.2. The minimum atomic E-state index is -2.51. The summed E-state index contributed by atoms with van der Waals surface area (Å²) in [6, 6.07) is 41.4. The second kappa shape index (κ2) is 9.75. The van der Waals surface area contributed by atoms with Crippen molar-refractivity contribution in [2.45, 2.75) is 38.9 Å². The summed E-state index contributed by atoms with van der Waals surface area (Å²) in [6.07, 6.45) is 0. The monoisotopic (exact) mass is 463 g/mol. The van der Waals surface area contributed by atoms with E-state index >= 15 is 0 Å². The Balaban J connectivity index is 1.82. The molecule has 4 rings (SSSR count). The fraction of sp³-hybridized carbons (Fsp3) is 0.200. The second-order valence-corrected chi connectivity index (χ2v) is 13.6. The summed E-state index contributed by atoms with van der Waals surface area (Å²) in [5, 5.41) is 15.8. The standard InChI is InChI=1S/C30H32BO2Si/c1-29(2,32)30(3,4)33-31-24-20-22-28(23-21-24)34(25-14-8-5-9-15-25,26-16-10-6-11-17-26)27-18-12-7-13-19-27/h5-23,32H,1-4H3. The Hall–Kier alpha value is -2.92. The van der Waals surface area contributed by atoms with Crippen LogP contribution in [0.15, 0.2) is 115 Å². The molecule has 0 fully saturated rings. The molecule has 0 bridgehead atoms. The summed E-state index contributed by atoms with van der Waals surface area (Å²) in [5.41, 5.74) is -0.694. The van der Waals surface area contributed by atoms with Crippen molar-refractivity contribution in [1.82, 2.24) is 0 Å². The van der Waals surface area contributed by atoms with Crippen molar-refractivity contribution < 1.29 is 9.76 Å². The van der Waals surface area contributed by atoms with Crippen molar-refractivity contribution in [2.75, 3.05) is 0 Å². The lowest BCUT2D eigenvalue weighted by Gasteiger charge is -2.37. The first-order valence-electron chi connectivity index (χ1n) is 11.8. The molecule has 0 heterocycles. The van der Waals surface area contributed by atoms with Gasteiger partial charge in [-0.15, -0.1) is 0 Å². The summed E-state index contributed by atoms with van der Waals surface area (Å²) in [7, 11) is -0.759. The van der Waals surface area contributed by atoms with Crippen LogP contribution in [0, 0.1) is 0 Å². The zero-order valence-corrected chi connectivity index (χ0v) is 21.4. The maximum Gasteiger partial charge on any atom is 0.330 e. The van der Waals surface area contributed by atoms with E-state index in [9.17, 15) is 5.11 Å². The van der Waals surface area contributed by atoms with Crippen molar-refractivity contribution in [2.24, 2.45) is 0 Å². The molecule has 0 amide bonds. The third-order valence-corrected chi connectivity index (χ3v) is 11.7. The van der Waals surface area contributed by atoms with E-state index in [-0.39, 0.29) is 0 Å². The number of hydrogen-bond acceptors (Lipinski definition) is 2. The van der Waals surface area contributed by atoms with Gasteiger partial charge in [-0.3, -0.25) is 0 Å². The Morgan fingerprint density at radius 1 is 0.559 bits per heavy atom. The van der Waals surface area contributed by atoms with Crippen LogP contribution in [0.3, 0.4) is 0 Å². The van der Waals surface area contributed by atoms with Crippen LogP contribution in [-0.2, 0) is 4.65 Å². The molecule has 4 aromatic carbocycles. The Morgan fingerprint density at radius 3 is 1.26 bits per heavy atom. The van der Waals surface area contributed by atoms with Gasteiger partial charge in [0.1, 0.15) is 0 Å². The van der Waals surface area contributed by atoms with E-state index in [1.807, 2.05) is 13.8 Å². The molecule has 1 radical (unpaired) electrons. The first-order valence-corrected chi connectivity index (χ1v) is 13.8. The van der Waals surface area contributed by atoms with Crippen molar-refractivity contribution in [1.29, 1.82) is 0 Å². The quantitative estimate of drug-likeness (QED) is 0.322. The van der Waals surface area contributed by atoms with E-state index in [0.717, 1.165) is 5.46 Å². The first-order chi connectivity index (χ1) is 16.2. The van der Waals surface area contributed by atoms with Gasteiger partial charge in [0.25, 0.3) is 0 Å². The summed E-state index contributed by atoms with van der Waals surface area (Å²) < 4.78 is 6.00. The molecule has 0 spiro atoms. The molecule has 171 valence electrons. The molecular formula is C30H32BO2Si. The number of rotatable bonds is 8. The van der Waals surface area contributed by atoms with Gasteiger partial charge in [-0.05, 0) is 48.4 Å². The summed E-state index contributed by atoms with van der Waals surface area (Å²) in [4.78, 5) is 0. The van der Waals surface area contributed by atoms with Crippen LogP contribution in [-0.4, -0.2) is 31.9 Å². The van der Waals surface area contributed by atoms with E-state index < -0.39 is 19.3 Å². The van der Waals surface area contributed by atoms with Gasteiger partial charge in [-0.2, -0.15) is 0 Å². The molecule has 4 heteroatoms. The van der Waals surface area contributed by atoms with E-state index in [4.69, 9.17) is 4.65 Å². The van der Waals surface area contributed by atoms with Crippen LogP contribution in [0.5, 0.6) is 0 Å². The maximum absolute atomic E-state index is 10.4. The minimum absolute atomic E-state index is 0.706. The van der Waals surface area contributed by atoms with Crippen LogP contribution >= 0.6 is 0 Å². The lowest BCUT2D eigenvalue weighted by molar-refractivity contribution is -0.0893. The van der Waals surface area contributed by atoms with Crippen molar-refractivity contribution >= 4 is 41.8 Å². The average molecular weight is 463 g/mol. The third kappa shape index (κ3) is 4.67. The molecular weight excluding hydrogens is 431 g/mol. The van der Waals surface area contributed by atoms with Gasteiger partial charge in [0.15, 0.2) is 8.07 Å². The second-order valence-electron chi connectivity index (χ2n) is 9.78. The normalized spacial score (nSPS) is 12.4. The van der Waals surface area contributed by atoms with Gasteiger partial charge < -0.3 is 9.76 Å². The van der Waals surface area contributed by atoms with E-state index in [2.05, 4.69) is 115 Å². The molecule has 0 aliphatic heterocycles. The average Bonchev–Trinajstić information content (AvgIpc) is 2.85. The molecule has 0 aliphatic rings. The predicted molar refractivity (Wildman–Crippen MR) is 147 cm³/mol. The predicted octanol–water partition coefficient (Wildman–Crippen LogP) is 2.87. The zero-order chi connectivity index (χ0) is 24.2. The van der Waals surface area contributed by atoms with Crippen LogP contribution < -0.4 is 26.2 Å². The van der Waals surface area contributed by atoms with Crippen LogP contribution in [0.1, 0.15) is 27.7 Å². The highest BCUT2D eigenvalue weighted by Gasteiger charge is 2.41. The molecule has 34 heavy (non-hydrogen) atoms.